The fourth-order valence-corrected chi connectivity index (χ4v) is 7.70. The molecule has 4 fully saturated rings. The third-order valence-electron chi connectivity index (χ3n) is 8.50. The lowest BCUT2D eigenvalue weighted by Gasteiger charge is -2.48. The van der Waals surface area contributed by atoms with E-state index < -0.39 is 0 Å². The monoisotopic (exact) mass is 284 g/mol. The first-order chi connectivity index (χ1) is 10.3. The maximum atomic E-state index is 2.61. The average molecular weight is 284 g/mol. The zero-order valence-electron chi connectivity index (χ0n) is 13.7. The summed E-state index contributed by atoms with van der Waals surface area (Å²) in [5.41, 5.74) is 0. The van der Waals surface area contributed by atoms with Crippen molar-refractivity contribution < 1.29 is 0 Å². The molecule has 0 aromatic carbocycles. The molecule has 4 saturated carbocycles. The molecule has 9 atom stereocenters. The van der Waals surface area contributed by atoms with Crippen molar-refractivity contribution in [1.82, 2.24) is 0 Å². The van der Waals surface area contributed by atoms with Gasteiger partial charge in [-0.15, -0.1) is 0 Å². The normalized spacial score (nSPS) is 58.2. The lowest BCUT2D eigenvalue weighted by molar-refractivity contribution is 0.0178. The quantitative estimate of drug-likeness (QED) is 0.543. The highest BCUT2D eigenvalue weighted by Crippen LogP contribution is 2.64. The van der Waals surface area contributed by atoms with Gasteiger partial charge in [0.15, 0.2) is 0 Å². The van der Waals surface area contributed by atoms with E-state index in [4.69, 9.17) is 0 Å². The first kappa shape index (κ1) is 13.2. The third-order valence-corrected chi connectivity index (χ3v) is 8.50. The van der Waals surface area contributed by atoms with E-state index in [2.05, 4.69) is 19.1 Å². The third kappa shape index (κ3) is 2.00. The Morgan fingerprint density at radius 3 is 1.95 bits per heavy atom. The van der Waals surface area contributed by atoms with Crippen molar-refractivity contribution in [3.05, 3.63) is 12.2 Å². The van der Waals surface area contributed by atoms with Crippen molar-refractivity contribution in [1.29, 1.82) is 0 Å². The van der Waals surface area contributed by atoms with Gasteiger partial charge in [-0.2, -0.15) is 0 Å². The molecule has 5 rings (SSSR count). The molecular formula is C21H32. The van der Waals surface area contributed by atoms with Crippen LogP contribution in [0.2, 0.25) is 0 Å². The summed E-state index contributed by atoms with van der Waals surface area (Å²) in [6.07, 6.45) is 19.3. The van der Waals surface area contributed by atoms with Gasteiger partial charge in [-0.25, -0.2) is 0 Å². The maximum absolute atomic E-state index is 2.61. The van der Waals surface area contributed by atoms with Crippen LogP contribution in [0.15, 0.2) is 12.2 Å². The second kappa shape index (κ2) is 4.87. The van der Waals surface area contributed by atoms with E-state index in [9.17, 15) is 0 Å². The molecule has 0 aromatic heterocycles. The molecule has 5 aliphatic carbocycles. The van der Waals surface area contributed by atoms with Crippen molar-refractivity contribution in [2.75, 3.05) is 0 Å². The first-order valence-corrected chi connectivity index (χ1v) is 9.98. The molecule has 0 amide bonds. The van der Waals surface area contributed by atoms with Crippen LogP contribution in [0, 0.1) is 53.3 Å². The molecule has 0 N–H and O–H groups in total. The van der Waals surface area contributed by atoms with E-state index in [0.717, 1.165) is 53.3 Å². The zero-order valence-corrected chi connectivity index (χ0v) is 13.7. The SMILES string of the molecule is CC1C=CC(C2CC3CC2C2CC4CCCCC4CC32)C1. The molecule has 0 saturated heterocycles. The molecule has 0 nitrogen and oxygen atoms in total. The minimum Gasteiger partial charge on any atom is -0.0854 e. The van der Waals surface area contributed by atoms with Gasteiger partial charge in [0.2, 0.25) is 0 Å². The fraction of sp³-hybridized carbons (Fsp3) is 0.905. The lowest BCUT2D eigenvalue weighted by Crippen LogP contribution is -2.40. The number of hydrogen-bond acceptors (Lipinski definition) is 0. The highest BCUT2D eigenvalue weighted by atomic mass is 14.6. The van der Waals surface area contributed by atoms with Crippen LogP contribution in [0.3, 0.4) is 0 Å². The summed E-state index contributed by atoms with van der Waals surface area (Å²) < 4.78 is 0. The number of hydrogen-bond donors (Lipinski definition) is 0. The molecule has 116 valence electrons. The summed E-state index contributed by atoms with van der Waals surface area (Å²) in [6.45, 7) is 2.42. The molecule has 5 aliphatic rings. The summed E-state index contributed by atoms with van der Waals surface area (Å²) in [5, 5.41) is 0. The maximum Gasteiger partial charge on any atom is -0.0197 e. The summed E-state index contributed by atoms with van der Waals surface area (Å²) in [6, 6.07) is 0. The van der Waals surface area contributed by atoms with Gasteiger partial charge in [-0.1, -0.05) is 44.8 Å². The van der Waals surface area contributed by atoms with Gasteiger partial charge in [0.1, 0.15) is 0 Å². The minimum absolute atomic E-state index is 0.860. The van der Waals surface area contributed by atoms with E-state index in [1.807, 2.05) is 0 Å². The minimum atomic E-state index is 0.860. The van der Waals surface area contributed by atoms with E-state index in [-0.39, 0.29) is 0 Å². The summed E-state index contributed by atoms with van der Waals surface area (Å²) in [4.78, 5) is 0. The molecule has 0 aromatic rings. The van der Waals surface area contributed by atoms with E-state index in [0.29, 0.717) is 0 Å². The van der Waals surface area contributed by atoms with Crippen molar-refractivity contribution in [2.24, 2.45) is 53.3 Å². The van der Waals surface area contributed by atoms with Gasteiger partial charge >= 0.3 is 0 Å². The Kier molecular flexibility index (Phi) is 3.06. The second-order valence-corrected chi connectivity index (χ2v) is 9.42. The van der Waals surface area contributed by atoms with Crippen LogP contribution in [-0.2, 0) is 0 Å². The predicted molar refractivity (Wildman–Crippen MR) is 87.8 cm³/mol. The molecular weight excluding hydrogens is 252 g/mol. The molecule has 21 heavy (non-hydrogen) atoms. The van der Waals surface area contributed by atoms with Crippen LogP contribution >= 0.6 is 0 Å². The lowest BCUT2D eigenvalue weighted by atomic mass is 9.57. The van der Waals surface area contributed by atoms with Crippen molar-refractivity contribution in [2.45, 2.75) is 64.7 Å². The molecule has 9 unspecified atom stereocenters. The summed E-state index contributed by atoms with van der Waals surface area (Å²) in [5.74, 6) is 9.75. The number of rotatable bonds is 1. The average Bonchev–Trinajstić information content (AvgIpc) is 3.19. The Morgan fingerprint density at radius 2 is 1.24 bits per heavy atom. The van der Waals surface area contributed by atoms with Crippen LogP contribution in [0.4, 0.5) is 0 Å². The number of fused-ring (bicyclic) bond motifs is 6. The topological polar surface area (TPSA) is 0 Å². The first-order valence-electron chi connectivity index (χ1n) is 9.98. The molecule has 2 bridgehead atoms. The largest absolute Gasteiger partial charge is 0.0854 e. The Labute approximate surface area is 130 Å². The van der Waals surface area contributed by atoms with Gasteiger partial charge in [0.05, 0.1) is 0 Å². The Hall–Kier alpha value is -0.260. The second-order valence-electron chi connectivity index (χ2n) is 9.42. The van der Waals surface area contributed by atoms with Gasteiger partial charge in [0, 0.05) is 0 Å². The van der Waals surface area contributed by atoms with Crippen LogP contribution < -0.4 is 0 Å². The van der Waals surface area contributed by atoms with Crippen molar-refractivity contribution >= 4 is 0 Å². The highest BCUT2D eigenvalue weighted by molar-refractivity contribution is 5.11. The van der Waals surface area contributed by atoms with Crippen LogP contribution in [0.5, 0.6) is 0 Å². The number of allylic oxidation sites excluding steroid dienone is 2. The van der Waals surface area contributed by atoms with Crippen LogP contribution in [0.1, 0.15) is 64.7 Å². The van der Waals surface area contributed by atoms with Crippen LogP contribution in [-0.4, -0.2) is 0 Å². The van der Waals surface area contributed by atoms with Gasteiger partial charge < -0.3 is 0 Å². The Morgan fingerprint density at radius 1 is 0.619 bits per heavy atom. The molecule has 0 heterocycles. The van der Waals surface area contributed by atoms with Crippen molar-refractivity contribution in [3.8, 4) is 0 Å². The molecule has 0 spiro atoms. The predicted octanol–water partition coefficient (Wildman–Crippen LogP) is 5.69. The molecule has 0 radical (unpaired) electrons. The van der Waals surface area contributed by atoms with Gasteiger partial charge in [0.25, 0.3) is 0 Å². The van der Waals surface area contributed by atoms with E-state index in [1.165, 1.54) is 6.42 Å². The standard InChI is InChI=1S/C21H32/c1-13-6-7-16(8-13)18-11-17-12-21(18)20-10-15-5-3-2-4-14(15)9-19(17)20/h6-7,13-21H,2-5,8-12H2,1H3. The molecule has 0 aliphatic heterocycles. The van der Waals surface area contributed by atoms with E-state index in [1.54, 1.807) is 51.4 Å². The summed E-state index contributed by atoms with van der Waals surface area (Å²) >= 11 is 0. The molecule has 0 heteroatoms. The van der Waals surface area contributed by atoms with Crippen LogP contribution in [0.25, 0.3) is 0 Å². The zero-order chi connectivity index (χ0) is 14.0. The Bertz CT molecular complexity index is 435. The Balaban J connectivity index is 1.34. The highest BCUT2D eigenvalue weighted by Gasteiger charge is 2.56. The van der Waals surface area contributed by atoms with E-state index >= 15 is 0 Å². The smallest absolute Gasteiger partial charge is 0.0197 e. The van der Waals surface area contributed by atoms with Gasteiger partial charge in [-0.05, 0) is 85.4 Å². The van der Waals surface area contributed by atoms with Crippen molar-refractivity contribution in [3.63, 3.8) is 0 Å². The fourth-order valence-electron chi connectivity index (χ4n) is 7.70. The van der Waals surface area contributed by atoms with Gasteiger partial charge in [-0.3, -0.25) is 0 Å². The summed E-state index contributed by atoms with van der Waals surface area (Å²) in [7, 11) is 0.